The van der Waals surface area contributed by atoms with E-state index in [2.05, 4.69) is 26.2 Å². The Bertz CT molecular complexity index is 1350. The molecular formula is C24H16BrClFN3O2S. The molecule has 3 heterocycles. The van der Waals surface area contributed by atoms with Crippen molar-refractivity contribution in [1.29, 1.82) is 0 Å². The molecule has 0 bridgehead atoms. The lowest BCUT2D eigenvalue weighted by Gasteiger charge is -2.26. The molecule has 4 aromatic rings. The summed E-state index contributed by atoms with van der Waals surface area (Å²) in [4.78, 5) is 6.28. The van der Waals surface area contributed by atoms with Crippen LogP contribution in [0, 0.1) is 5.82 Å². The molecule has 5 rings (SSSR count). The summed E-state index contributed by atoms with van der Waals surface area (Å²) in [7, 11) is 0. The monoisotopic (exact) mass is 543 g/mol. The number of thiocarbonyl (C=S) groups is 1. The highest BCUT2D eigenvalue weighted by molar-refractivity contribution is 9.10. The van der Waals surface area contributed by atoms with E-state index in [-0.39, 0.29) is 17.6 Å². The molecule has 9 heteroatoms. The number of furan rings is 1. The predicted octanol–water partition coefficient (Wildman–Crippen LogP) is 6.78. The van der Waals surface area contributed by atoms with Crippen molar-refractivity contribution in [3.8, 4) is 17.1 Å². The average molecular weight is 545 g/mol. The van der Waals surface area contributed by atoms with Crippen LogP contribution in [-0.4, -0.2) is 15.2 Å². The summed E-state index contributed by atoms with van der Waals surface area (Å²) in [6.07, 6.45) is 1.71. The Labute approximate surface area is 208 Å². The third-order valence-electron chi connectivity index (χ3n) is 5.41. The van der Waals surface area contributed by atoms with Gasteiger partial charge in [0.2, 0.25) is 0 Å². The van der Waals surface area contributed by atoms with Gasteiger partial charge in [-0.25, -0.2) is 4.39 Å². The first kappa shape index (κ1) is 21.9. The lowest BCUT2D eigenvalue weighted by atomic mass is 10.0. The zero-order chi connectivity index (χ0) is 23.1. The van der Waals surface area contributed by atoms with E-state index in [1.54, 1.807) is 29.3 Å². The molecule has 0 aliphatic carbocycles. The molecule has 166 valence electrons. The number of anilines is 1. The first-order chi connectivity index (χ1) is 15.9. The minimum absolute atomic E-state index is 0.0308. The van der Waals surface area contributed by atoms with Crippen LogP contribution in [-0.2, 0) is 0 Å². The molecule has 2 aromatic carbocycles. The van der Waals surface area contributed by atoms with E-state index in [4.69, 9.17) is 28.2 Å². The van der Waals surface area contributed by atoms with Gasteiger partial charge in [0.25, 0.3) is 0 Å². The zero-order valence-electron chi connectivity index (χ0n) is 16.9. The Kier molecular flexibility index (Phi) is 5.82. The van der Waals surface area contributed by atoms with Crippen LogP contribution in [0.15, 0.2) is 81.8 Å². The SMILES string of the molecule is Oc1ccc(Cl)cc1N1C(=S)N[C@@H](c2ccccn2)[C@H]1c1ccc(-c2ccc(F)cc2Br)o1. The van der Waals surface area contributed by atoms with Crippen LogP contribution >= 0.6 is 39.7 Å². The summed E-state index contributed by atoms with van der Waals surface area (Å²) in [6, 6.07) is 17.7. The van der Waals surface area contributed by atoms with Gasteiger partial charge in [-0.05, 0) is 88.8 Å². The number of phenolic OH excluding ortho intramolecular Hbond substituents is 1. The van der Waals surface area contributed by atoms with Gasteiger partial charge in [-0.15, -0.1) is 0 Å². The highest BCUT2D eigenvalue weighted by Crippen LogP contribution is 2.46. The van der Waals surface area contributed by atoms with E-state index in [0.29, 0.717) is 37.4 Å². The largest absolute Gasteiger partial charge is 0.506 e. The van der Waals surface area contributed by atoms with Crippen LogP contribution in [0.4, 0.5) is 10.1 Å². The summed E-state index contributed by atoms with van der Waals surface area (Å²) < 4.78 is 20.4. The highest BCUT2D eigenvalue weighted by Gasteiger charge is 2.43. The Hall–Kier alpha value is -2.94. The number of rotatable bonds is 4. The maximum atomic E-state index is 13.6. The number of hydrogen-bond acceptors (Lipinski definition) is 4. The van der Waals surface area contributed by atoms with Crippen molar-refractivity contribution in [3.63, 3.8) is 0 Å². The Morgan fingerprint density at radius 1 is 1.12 bits per heavy atom. The molecule has 2 aromatic heterocycles. The molecule has 1 saturated heterocycles. The van der Waals surface area contributed by atoms with Gasteiger partial charge in [-0.1, -0.05) is 17.7 Å². The van der Waals surface area contributed by atoms with Crippen molar-refractivity contribution in [3.05, 3.63) is 99.7 Å². The molecule has 0 radical (unpaired) electrons. The van der Waals surface area contributed by atoms with Crippen LogP contribution in [0.3, 0.4) is 0 Å². The molecule has 33 heavy (non-hydrogen) atoms. The van der Waals surface area contributed by atoms with Crippen LogP contribution in [0.2, 0.25) is 5.02 Å². The Morgan fingerprint density at radius 3 is 2.73 bits per heavy atom. The van der Waals surface area contributed by atoms with E-state index in [1.165, 1.54) is 18.2 Å². The second-order valence-electron chi connectivity index (χ2n) is 7.46. The Balaban J connectivity index is 1.63. The number of aromatic hydroxyl groups is 1. The van der Waals surface area contributed by atoms with E-state index in [1.807, 2.05) is 30.3 Å². The molecule has 0 spiro atoms. The van der Waals surface area contributed by atoms with Gasteiger partial charge in [0.1, 0.15) is 29.1 Å². The molecule has 0 amide bonds. The van der Waals surface area contributed by atoms with Crippen molar-refractivity contribution in [2.24, 2.45) is 0 Å². The number of nitrogens with one attached hydrogen (secondary N) is 1. The van der Waals surface area contributed by atoms with Crippen molar-refractivity contribution in [1.82, 2.24) is 10.3 Å². The van der Waals surface area contributed by atoms with Crippen molar-refractivity contribution < 1.29 is 13.9 Å². The summed E-state index contributed by atoms with van der Waals surface area (Å²) in [5.74, 6) is 0.831. The lowest BCUT2D eigenvalue weighted by molar-refractivity contribution is 0.434. The number of aromatic nitrogens is 1. The van der Waals surface area contributed by atoms with Gasteiger partial charge in [0, 0.05) is 21.3 Å². The molecule has 1 aliphatic heterocycles. The predicted molar refractivity (Wildman–Crippen MR) is 133 cm³/mol. The number of phenols is 1. The summed E-state index contributed by atoms with van der Waals surface area (Å²) in [5, 5.41) is 14.8. The zero-order valence-corrected chi connectivity index (χ0v) is 20.0. The molecule has 5 nitrogen and oxygen atoms in total. The molecule has 1 fully saturated rings. The number of halogens is 3. The van der Waals surface area contributed by atoms with Crippen LogP contribution in [0.5, 0.6) is 5.75 Å². The van der Waals surface area contributed by atoms with E-state index >= 15 is 0 Å². The van der Waals surface area contributed by atoms with E-state index in [9.17, 15) is 9.50 Å². The first-order valence-electron chi connectivity index (χ1n) is 9.96. The molecule has 2 atom stereocenters. The average Bonchev–Trinajstić information content (AvgIpc) is 3.40. The number of nitrogens with zero attached hydrogens (tertiary/aromatic N) is 2. The molecule has 1 aliphatic rings. The highest BCUT2D eigenvalue weighted by atomic mass is 79.9. The molecule has 2 N–H and O–H groups in total. The van der Waals surface area contributed by atoms with Crippen LogP contribution < -0.4 is 10.2 Å². The van der Waals surface area contributed by atoms with Crippen molar-refractivity contribution >= 4 is 50.5 Å². The van der Waals surface area contributed by atoms with Gasteiger partial charge in [0.15, 0.2) is 5.11 Å². The lowest BCUT2D eigenvalue weighted by Crippen LogP contribution is -2.29. The second kappa shape index (κ2) is 8.78. The third kappa shape index (κ3) is 4.10. The fourth-order valence-corrected chi connectivity index (χ4v) is 4.99. The summed E-state index contributed by atoms with van der Waals surface area (Å²) in [5.41, 5.74) is 1.92. The second-order valence-corrected chi connectivity index (χ2v) is 9.13. The first-order valence-corrected chi connectivity index (χ1v) is 11.5. The topological polar surface area (TPSA) is 61.5 Å². The quantitative estimate of drug-likeness (QED) is 0.276. The van der Waals surface area contributed by atoms with E-state index < -0.39 is 6.04 Å². The third-order valence-corrected chi connectivity index (χ3v) is 6.62. The van der Waals surface area contributed by atoms with E-state index in [0.717, 1.165) is 5.69 Å². The minimum Gasteiger partial charge on any atom is -0.506 e. The standard InChI is InChI=1S/C24H16BrClFN3O2S/c25-16-12-14(27)5-6-15(16)20-8-9-21(32-20)23-22(17-3-1-2-10-28-17)29-24(33)30(23)18-11-13(26)4-7-19(18)31/h1-12,22-23,31H,(H,29,33)/t22-,23+/m0/s1. The van der Waals surface area contributed by atoms with Gasteiger partial charge < -0.3 is 19.7 Å². The fraction of sp³-hybridized carbons (Fsp3) is 0.0833. The minimum atomic E-state index is -0.468. The van der Waals surface area contributed by atoms with Crippen LogP contribution in [0.25, 0.3) is 11.3 Å². The molecule has 0 saturated carbocycles. The van der Waals surface area contributed by atoms with Gasteiger partial charge in [-0.2, -0.15) is 0 Å². The number of benzene rings is 2. The maximum absolute atomic E-state index is 13.6. The maximum Gasteiger partial charge on any atom is 0.174 e. The Morgan fingerprint density at radius 2 is 1.97 bits per heavy atom. The molecular weight excluding hydrogens is 529 g/mol. The normalized spacial score (nSPS) is 17.9. The van der Waals surface area contributed by atoms with Gasteiger partial charge >= 0.3 is 0 Å². The summed E-state index contributed by atoms with van der Waals surface area (Å²) >= 11 is 15.3. The van der Waals surface area contributed by atoms with Crippen LogP contribution in [0.1, 0.15) is 23.5 Å². The number of pyridine rings is 1. The fourth-order valence-electron chi connectivity index (χ4n) is 3.94. The number of hydrogen-bond donors (Lipinski definition) is 2. The smallest absolute Gasteiger partial charge is 0.174 e. The van der Waals surface area contributed by atoms with Gasteiger partial charge in [-0.3, -0.25) is 4.98 Å². The summed E-state index contributed by atoms with van der Waals surface area (Å²) in [6.45, 7) is 0. The van der Waals surface area contributed by atoms with Crippen molar-refractivity contribution in [2.75, 3.05) is 4.90 Å². The van der Waals surface area contributed by atoms with Crippen molar-refractivity contribution in [2.45, 2.75) is 12.1 Å². The molecule has 0 unspecified atom stereocenters. The van der Waals surface area contributed by atoms with Gasteiger partial charge in [0.05, 0.1) is 17.4 Å².